The lowest BCUT2D eigenvalue weighted by atomic mass is 10.1. The zero-order valence-electron chi connectivity index (χ0n) is 10.1. The number of rotatable bonds is 4. The topological polar surface area (TPSA) is 114 Å². The van der Waals surface area contributed by atoms with Gasteiger partial charge in [0.25, 0.3) is 0 Å². The molecule has 0 amide bonds. The molecule has 1 saturated heterocycles. The van der Waals surface area contributed by atoms with Crippen molar-refractivity contribution in [2.75, 3.05) is 13.1 Å². The van der Waals surface area contributed by atoms with Crippen LogP contribution in [0.4, 0.5) is 5.82 Å². The predicted molar refractivity (Wildman–Crippen MR) is 67.1 cm³/mol. The minimum atomic E-state index is -3.68. The van der Waals surface area contributed by atoms with Crippen LogP contribution in [0.3, 0.4) is 0 Å². The van der Waals surface area contributed by atoms with Gasteiger partial charge in [0.05, 0.1) is 0 Å². The van der Waals surface area contributed by atoms with E-state index < -0.39 is 14.9 Å². The van der Waals surface area contributed by atoms with E-state index in [1.165, 1.54) is 6.07 Å². The van der Waals surface area contributed by atoms with E-state index in [2.05, 4.69) is 15.0 Å². The number of nitro groups is 1. The SMILES string of the molecule is O=[N+]([O-])c1ccc(S(=O)(=O)N[C@@H]2CCCNC2)cn1. The fourth-order valence-electron chi connectivity index (χ4n) is 1.88. The molecule has 1 aliphatic heterocycles. The molecule has 8 nitrogen and oxygen atoms in total. The molecule has 104 valence electrons. The minimum Gasteiger partial charge on any atom is -0.358 e. The third-order valence-corrected chi connectivity index (χ3v) is 4.34. The number of nitrogens with one attached hydrogen (secondary N) is 2. The van der Waals surface area contributed by atoms with Crippen molar-refractivity contribution in [2.24, 2.45) is 0 Å². The van der Waals surface area contributed by atoms with Crippen molar-refractivity contribution < 1.29 is 13.3 Å². The van der Waals surface area contributed by atoms with Gasteiger partial charge in [0.1, 0.15) is 4.90 Å². The van der Waals surface area contributed by atoms with Gasteiger partial charge in [0, 0.05) is 18.7 Å². The first-order valence-electron chi connectivity index (χ1n) is 5.82. The highest BCUT2D eigenvalue weighted by Gasteiger charge is 2.23. The summed E-state index contributed by atoms with van der Waals surface area (Å²) in [5.74, 6) is -0.377. The second kappa shape index (κ2) is 5.59. The fraction of sp³-hybridized carbons (Fsp3) is 0.500. The lowest BCUT2D eigenvalue weighted by Gasteiger charge is -2.23. The number of piperidine rings is 1. The van der Waals surface area contributed by atoms with Gasteiger partial charge in [-0.1, -0.05) is 0 Å². The van der Waals surface area contributed by atoms with Crippen LogP contribution < -0.4 is 10.0 Å². The van der Waals surface area contributed by atoms with Crippen LogP contribution in [0.1, 0.15) is 12.8 Å². The van der Waals surface area contributed by atoms with Crippen molar-refractivity contribution >= 4 is 15.8 Å². The van der Waals surface area contributed by atoms with Crippen molar-refractivity contribution in [3.8, 4) is 0 Å². The highest BCUT2D eigenvalue weighted by molar-refractivity contribution is 7.89. The fourth-order valence-corrected chi connectivity index (χ4v) is 3.09. The summed E-state index contributed by atoms with van der Waals surface area (Å²) in [6, 6.07) is 2.10. The molecule has 2 heterocycles. The molecule has 1 fully saturated rings. The van der Waals surface area contributed by atoms with Gasteiger partial charge in [0.15, 0.2) is 6.20 Å². The van der Waals surface area contributed by atoms with Gasteiger partial charge in [-0.3, -0.25) is 0 Å². The molecule has 9 heteroatoms. The zero-order chi connectivity index (χ0) is 13.9. The third-order valence-electron chi connectivity index (χ3n) is 2.84. The maximum absolute atomic E-state index is 12.0. The Hall–Kier alpha value is -1.58. The second-order valence-corrected chi connectivity index (χ2v) is 5.99. The van der Waals surface area contributed by atoms with Crippen LogP contribution in [0.25, 0.3) is 0 Å². The van der Waals surface area contributed by atoms with Gasteiger partial charge >= 0.3 is 5.82 Å². The van der Waals surface area contributed by atoms with Gasteiger partial charge in [-0.2, -0.15) is 0 Å². The molecule has 0 aromatic carbocycles. The van der Waals surface area contributed by atoms with Gasteiger partial charge in [-0.15, -0.1) is 0 Å². The summed E-state index contributed by atoms with van der Waals surface area (Å²) in [5.41, 5.74) is 0. The first-order chi connectivity index (χ1) is 8.99. The van der Waals surface area contributed by atoms with E-state index >= 15 is 0 Å². The van der Waals surface area contributed by atoms with Crippen LogP contribution in [-0.4, -0.2) is 37.5 Å². The van der Waals surface area contributed by atoms with Crippen LogP contribution in [0, 0.1) is 10.1 Å². The first-order valence-corrected chi connectivity index (χ1v) is 7.31. The van der Waals surface area contributed by atoms with Crippen molar-refractivity contribution in [3.05, 3.63) is 28.4 Å². The molecule has 1 aromatic heterocycles. The molecule has 0 spiro atoms. The number of hydrogen-bond acceptors (Lipinski definition) is 6. The molecular formula is C10H14N4O4S. The van der Waals surface area contributed by atoms with E-state index in [4.69, 9.17) is 0 Å². The summed E-state index contributed by atoms with van der Waals surface area (Å²) in [4.78, 5) is 13.2. The molecule has 0 bridgehead atoms. The van der Waals surface area contributed by atoms with E-state index in [0.29, 0.717) is 6.54 Å². The molecule has 2 N–H and O–H groups in total. The Balaban J connectivity index is 2.12. The average molecular weight is 286 g/mol. The van der Waals surface area contributed by atoms with Crippen LogP contribution >= 0.6 is 0 Å². The zero-order valence-corrected chi connectivity index (χ0v) is 10.9. The quantitative estimate of drug-likeness (QED) is 0.595. The Morgan fingerprint density at radius 2 is 2.26 bits per heavy atom. The molecule has 19 heavy (non-hydrogen) atoms. The Labute approximate surface area is 110 Å². The van der Waals surface area contributed by atoms with E-state index in [9.17, 15) is 18.5 Å². The third kappa shape index (κ3) is 3.46. The Bertz CT molecular complexity index is 551. The van der Waals surface area contributed by atoms with E-state index in [-0.39, 0.29) is 16.8 Å². The number of sulfonamides is 1. The van der Waals surface area contributed by atoms with E-state index in [0.717, 1.165) is 31.6 Å². The van der Waals surface area contributed by atoms with Crippen LogP contribution in [0.2, 0.25) is 0 Å². The predicted octanol–water partition coefficient (Wildman–Crippen LogP) is 0.0201. The number of hydrogen-bond donors (Lipinski definition) is 2. The van der Waals surface area contributed by atoms with Crippen molar-refractivity contribution in [3.63, 3.8) is 0 Å². The Morgan fingerprint density at radius 1 is 1.47 bits per heavy atom. The van der Waals surface area contributed by atoms with Crippen molar-refractivity contribution in [2.45, 2.75) is 23.8 Å². The van der Waals surface area contributed by atoms with Gasteiger partial charge < -0.3 is 15.4 Å². The highest BCUT2D eigenvalue weighted by Crippen LogP contribution is 2.13. The molecule has 1 aliphatic rings. The summed E-state index contributed by atoms with van der Waals surface area (Å²) in [6.07, 6.45) is 2.68. The number of aromatic nitrogens is 1. The first kappa shape index (κ1) is 13.8. The Kier molecular flexibility index (Phi) is 4.08. The summed E-state index contributed by atoms with van der Waals surface area (Å²) in [6.45, 7) is 1.47. The molecule has 1 atom stereocenters. The smallest absolute Gasteiger partial charge is 0.358 e. The largest absolute Gasteiger partial charge is 0.363 e. The normalized spacial score (nSPS) is 20.1. The monoisotopic (exact) mass is 286 g/mol. The maximum atomic E-state index is 12.0. The minimum absolute atomic E-state index is 0.0660. The van der Waals surface area contributed by atoms with Crippen LogP contribution in [0.15, 0.2) is 23.2 Å². The number of nitrogens with zero attached hydrogens (tertiary/aromatic N) is 2. The van der Waals surface area contributed by atoms with E-state index in [1.807, 2.05) is 0 Å². The summed E-state index contributed by atoms with van der Waals surface area (Å²) >= 11 is 0. The summed E-state index contributed by atoms with van der Waals surface area (Å²) in [5, 5.41) is 13.5. The summed E-state index contributed by atoms with van der Waals surface area (Å²) in [7, 11) is -3.68. The maximum Gasteiger partial charge on any atom is 0.363 e. The van der Waals surface area contributed by atoms with Gasteiger partial charge in [-0.25, -0.2) is 13.1 Å². The van der Waals surface area contributed by atoms with Gasteiger partial charge in [-0.05, 0) is 35.4 Å². The Morgan fingerprint density at radius 3 is 2.79 bits per heavy atom. The lowest BCUT2D eigenvalue weighted by molar-refractivity contribution is -0.389. The van der Waals surface area contributed by atoms with Crippen molar-refractivity contribution in [1.82, 2.24) is 15.0 Å². The second-order valence-electron chi connectivity index (χ2n) is 4.27. The highest BCUT2D eigenvalue weighted by atomic mass is 32.2. The lowest BCUT2D eigenvalue weighted by Crippen LogP contribution is -2.45. The van der Waals surface area contributed by atoms with Crippen LogP contribution in [0.5, 0.6) is 0 Å². The van der Waals surface area contributed by atoms with E-state index in [1.54, 1.807) is 0 Å². The van der Waals surface area contributed by atoms with Crippen molar-refractivity contribution in [1.29, 1.82) is 0 Å². The number of pyridine rings is 1. The van der Waals surface area contributed by atoms with Crippen LogP contribution in [-0.2, 0) is 10.0 Å². The molecule has 1 aromatic rings. The molecule has 2 rings (SSSR count). The average Bonchev–Trinajstić information content (AvgIpc) is 2.39. The standard InChI is InChI=1S/C10H14N4O4S/c15-14(16)10-4-3-9(7-12-10)19(17,18)13-8-2-1-5-11-6-8/h3-4,7-8,11,13H,1-2,5-6H2/t8-/m1/s1. The summed E-state index contributed by atoms with van der Waals surface area (Å²) < 4.78 is 26.6. The molecule has 0 unspecified atom stereocenters. The molecule has 0 aliphatic carbocycles. The molecule has 0 radical (unpaired) electrons. The molecule has 0 saturated carbocycles. The van der Waals surface area contributed by atoms with Gasteiger partial charge in [0.2, 0.25) is 10.0 Å². The molecular weight excluding hydrogens is 272 g/mol.